The highest BCUT2D eigenvalue weighted by atomic mass is 79.9. The minimum absolute atomic E-state index is 0.267. The lowest BCUT2D eigenvalue weighted by Crippen LogP contribution is -2.12. The average Bonchev–Trinajstić information content (AvgIpc) is 2.41. The van der Waals surface area contributed by atoms with E-state index in [1.807, 2.05) is 0 Å². The van der Waals surface area contributed by atoms with Crippen LogP contribution >= 0.6 is 27.5 Å². The maximum absolute atomic E-state index is 11.4. The summed E-state index contributed by atoms with van der Waals surface area (Å²) in [6, 6.07) is 1.76. The molecule has 0 atom stereocenters. The molecule has 0 spiro atoms. The molecule has 0 saturated heterocycles. The fourth-order valence-electron chi connectivity index (χ4n) is 1.37. The fourth-order valence-corrected chi connectivity index (χ4v) is 2.25. The van der Waals surface area contributed by atoms with Gasteiger partial charge in [-0.3, -0.25) is 9.59 Å². The standard InChI is InChI=1S/C9H5BrClNO2/c1-3-2-4(10)7-5(6(3)11)8(13)9(14)12-7/h2H,1H3,(H,12,13,14). The predicted octanol–water partition coefficient (Wildman–Crippen LogP) is 2.55. The molecular formula is C9H5BrClNO2. The van der Waals surface area contributed by atoms with Crippen LogP contribution in [0.2, 0.25) is 5.02 Å². The lowest BCUT2D eigenvalue weighted by molar-refractivity contribution is -0.112. The van der Waals surface area contributed by atoms with Crippen LogP contribution in [0.3, 0.4) is 0 Å². The minimum Gasteiger partial charge on any atom is -0.317 e. The van der Waals surface area contributed by atoms with Crippen LogP contribution < -0.4 is 5.32 Å². The first-order valence-electron chi connectivity index (χ1n) is 3.86. The zero-order valence-electron chi connectivity index (χ0n) is 7.15. The third kappa shape index (κ3) is 1.18. The number of carbonyl (C=O) groups excluding carboxylic acids is 2. The fraction of sp³-hybridized carbons (Fsp3) is 0.111. The molecule has 3 nitrogen and oxygen atoms in total. The van der Waals surface area contributed by atoms with Gasteiger partial charge in [-0.1, -0.05) is 11.6 Å². The highest BCUT2D eigenvalue weighted by Crippen LogP contribution is 2.38. The first-order chi connectivity index (χ1) is 6.52. The van der Waals surface area contributed by atoms with E-state index in [4.69, 9.17) is 11.6 Å². The van der Waals surface area contributed by atoms with E-state index in [1.54, 1.807) is 13.0 Å². The number of hydrogen-bond acceptors (Lipinski definition) is 2. The van der Waals surface area contributed by atoms with Gasteiger partial charge in [0.05, 0.1) is 16.3 Å². The second-order valence-electron chi connectivity index (χ2n) is 3.02. The van der Waals surface area contributed by atoms with Crippen molar-refractivity contribution in [3.05, 3.63) is 26.7 Å². The maximum atomic E-state index is 11.4. The molecule has 1 aromatic carbocycles. The zero-order valence-corrected chi connectivity index (χ0v) is 9.49. The van der Waals surface area contributed by atoms with Crippen LogP contribution in [0.25, 0.3) is 0 Å². The Morgan fingerprint density at radius 1 is 1.43 bits per heavy atom. The van der Waals surface area contributed by atoms with Crippen LogP contribution in [0, 0.1) is 6.92 Å². The van der Waals surface area contributed by atoms with Crippen LogP contribution in [0.5, 0.6) is 0 Å². The first kappa shape index (κ1) is 9.68. The molecule has 0 fully saturated rings. The minimum atomic E-state index is -0.631. The quantitative estimate of drug-likeness (QED) is 0.739. The molecule has 0 radical (unpaired) electrons. The molecule has 1 heterocycles. The van der Waals surface area contributed by atoms with Crippen LogP contribution in [-0.2, 0) is 4.79 Å². The molecule has 0 saturated carbocycles. The Morgan fingerprint density at radius 3 is 2.71 bits per heavy atom. The SMILES string of the molecule is Cc1cc(Br)c2c(c1Cl)C(=O)C(=O)N2. The van der Waals surface area contributed by atoms with Gasteiger partial charge in [0.25, 0.3) is 11.7 Å². The van der Waals surface area contributed by atoms with E-state index in [0.717, 1.165) is 5.56 Å². The number of halogens is 2. The van der Waals surface area contributed by atoms with Crippen LogP contribution in [-0.4, -0.2) is 11.7 Å². The van der Waals surface area contributed by atoms with Crippen molar-refractivity contribution in [3.8, 4) is 0 Å². The largest absolute Gasteiger partial charge is 0.317 e. The highest BCUT2D eigenvalue weighted by molar-refractivity contribution is 9.10. The lowest BCUT2D eigenvalue weighted by Gasteiger charge is -2.05. The molecule has 0 aromatic heterocycles. The summed E-state index contributed by atoms with van der Waals surface area (Å²) in [7, 11) is 0. The van der Waals surface area contributed by atoms with Crippen LogP contribution in [0.15, 0.2) is 10.5 Å². The van der Waals surface area contributed by atoms with Gasteiger partial charge in [0, 0.05) is 4.47 Å². The van der Waals surface area contributed by atoms with Crippen molar-refractivity contribution in [1.82, 2.24) is 0 Å². The maximum Gasteiger partial charge on any atom is 0.296 e. The van der Waals surface area contributed by atoms with Gasteiger partial charge < -0.3 is 5.32 Å². The van der Waals surface area contributed by atoms with Crippen molar-refractivity contribution in [3.63, 3.8) is 0 Å². The molecule has 72 valence electrons. The Morgan fingerprint density at radius 2 is 2.07 bits per heavy atom. The summed E-state index contributed by atoms with van der Waals surface area (Å²) in [4.78, 5) is 22.5. The Labute approximate surface area is 93.6 Å². The summed E-state index contributed by atoms with van der Waals surface area (Å²) in [6.07, 6.45) is 0. The van der Waals surface area contributed by atoms with Crippen molar-refractivity contribution >= 4 is 44.9 Å². The van der Waals surface area contributed by atoms with Crippen molar-refractivity contribution in [1.29, 1.82) is 0 Å². The second-order valence-corrected chi connectivity index (χ2v) is 4.25. The number of benzene rings is 1. The third-order valence-corrected chi connectivity index (χ3v) is 3.18. The molecule has 2 rings (SSSR count). The molecule has 14 heavy (non-hydrogen) atoms. The van der Waals surface area contributed by atoms with Crippen molar-refractivity contribution in [2.45, 2.75) is 6.92 Å². The Bertz CT molecular complexity index is 470. The molecule has 0 bridgehead atoms. The number of anilines is 1. The monoisotopic (exact) mass is 273 g/mol. The zero-order chi connectivity index (χ0) is 10.5. The van der Waals surface area contributed by atoms with E-state index in [-0.39, 0.29) is 5.56 Å². The molecule has 1 aliphatic rings. The Balaban J connectivity index is 2.80. The number of fused-ring (bicyclic) bond motifs is 1. The lowest BCUT2D eigenvalue weighted by atomic mass is 10.1. The Hall–Kier alpha value is -0.870. The van der Waals surface area contributed by atoms with E-state index in [1.165, 1.54) is 0 Å². The number of aryl methyl sites for hydroxylation is 1. The molecule has 1 aliphatic heterocycles. The van der Waals surface area contributed by atoms with Crippen molar-refractivity contribution in [2.24, 2.45) is 0 Å². The average molecular weight is 275 g/mol. The van der Waals surface area contributed by atoms with Crippen LogP contribution in [0.1, 0.15) is 15.9 Å². The number of amides is 1. The van der Waals surface area contributed by atoms with Crippen LogP contribution in [0.4, 0.5) is 5.69 Å². The summed E-state index contributed by atoms with van der Waals surface area (Å²) in [6.45, 7) is 1.78. The molecule has 1 N–H and O–H groups in total. The van der Waals surface area contributed by atoms with Gasteiger partial charge in [0.1, 0.15) is 0 Å². The predicted molar refractivity (Wildman–Crippen MR) is 56.8 cm³/mol. The van der Waals surface area contributed by atoms with E-state index in [2.05, 4.69) is 21.2 Å². The number of ketones is 1. The number of rotatable bonds is 0. The highest BCUT2D eigenvalue weighted by Gasteiger charge is 2.32. The van der Waals surface area contributed by atoms with Crippen molar-refractivity contribution in [2.75, 3.05) is 5.32 Å². The molecule has 0 unspecified atom stereocenters. The molecular weight excluding hydrogens is 269 g/mol. The normalized spacial score (nSPS) is 14.2. The van der Waals surface area contributed by atoms with E-state index >= 15 is 0 Å². The summed E-state index contributed by atoms with van der Waals surface area (Å²) in [5.74, 6) is -1.21. The summed E-state index contributed by atoms with van der Waals surface area (Å²) in [5, 5.41) is 2.80. The first-order valence-corrected chi connectivity index (χ1v) is 5.03. The van der Waals surface area contributed by atoms with E-state index < -0.39 is 11.7 Å². The number of Topliss-reactive ketones (excluding diaryl/α,β-unsaturated/α-hetero) is 1. The summed E-state index contributed by atoms with van der Waals surface area (Å²) >= 11 is 9.20. The summed E-state index contributed by atoms with van der Waals surface area (Å²) < 4.78 is 0.675. The summed E-state index contributed by atoms with van der Waals surface area (Å²) in [5.41, 5.74) is 1.50. The second kappa shape index (κ2) is 3.07. The van der Waals surface area contributed by atoms with Gasteiger partial charge in [-0.15, -0.1) is 0 Å². The number of nitrogens with one attached hydrogen (secondary N) is 1. The topological polar surface area (TPSA) is 46.2 Å². The Kier molecular flexibility index (Phi) is 2.12. The molecule has 5 heteroatoms. The molecule has 1 amide bonds. The molecule has 1 aromatic rings. The van der Waals surface area contributed by atoms with Gasteiger partial charge in [-0.2, -0.15) is 0 Å². The third-order valence-electron chi connectivity index (χ3n) is 2.07. The van der Waals surface area contributed by atoms with Gasteiger partial charge >= 0.3 is 0 Å². The van der Waals surface area contributed by atoms with E-state index in [0.29, 0.717) is 15.2 Å². The van der Waals surface area contributed by atoms with Crippen molar-refractivity contribution < 1.29 is 9.59 Å². The van der Waals surface area contributed by atoms with Gasteiger partial charge in [-0.05, 0) is 34.5 Å². The van der Waals surface area contributed by atoms with E-state index in [9.17, 15) is 9.59 Å². The number of carbonyl (C=O) groups is 2. The van der Waals surface area contributed by atoms with Gasteiger partial charge in [-0.25, -0.2) is 0 Å². The van der Waals surface area contributed by atoms with Gasteiger partial charge in [0.2, 0.25) is 0 Å². The van der Waals surface area contributed by atoms with Gasteiger partial charge in [0.15, 0.2) is 0 Å². The molecule has 0 aliphatic carbocycles. The number of hydrogen-bond donors (Lipinski definition) is 1. The smallest absolute Gasteiger partial charge is 0.296 e.